The number of H-pyrrole nitrogens is 1. The molecule has 0 radical (unpaired) electrons. The van der Waals surface area contributed by atoms with Crippen LogP contribution < -0.4 is 11.2 Å². The molecule has 0 amide bonds. The van der Waals surface area contributed by atoms with Gasteiger partial charge in [0.1, 0.15) is 11.6 Å². The lowest BCUT2D eigenvalue weighted by Crippen LogP contribution is -2.49. The van der Waals surface area contributed by atoms with Crippen LogP contribution in [0.25, 0.3) is 22.0 Å². The SMILES string of the molecule is Cc1cc2c(=O)[nH]c(=O)n3c2c(c1-c1cc(Cl)c(F)cc1F)SCC1(COC1)C3. The number of halogens is 3. The van der Waals surface area contributed by atoms with Gasteiger partial charge in [0.25, 0.3) is 5.56 Å². The summed E-state index contributed by atoms with van der Waals surface area (Å²) >= 11 is 7.39. The predicted molar refractivity (Wildman–Crippen MR) is 108 cm³/mol. The molecule has 3 heterocycles. The number of hydrogen-bond acceptors (Lipinski definition) is 4. The second-order valence-electron chi connectivity index (χ2n) is 7.67. The average Bonchev–Trinajstić information content (AvgIpc) is 2.82. The minimum atomic E-state index is -0.844. The molecule has 150 valence electrons. The highest BCUT2D eigenvalue weighted by Crippen LogP contribution is 2.46. The molecule has 2 aromatic carbocycles. The van der Waals surface area contributed by atoms with Gasteiger partial charge >= 0.3 is 5.69 Å². The van der Waals surface area contributed by atoms with E-state index in [1.165, 1.54) is 17.8 Å². The van der Waals surface area contributed by atoms with Crippen molar-refractivity contribution in [2.24, 2.45) is 5.41 Å². The molecule has 1 fully saturated rings. The summed E-state index contributed by atoms with van der Waals surface area (Å²) in [6.45, 7) is 3.16. The van der Waals surface area contributed by atoms with Crippen molar-refractivity contribution in [1.82, 2.24) is 9.55 Å². The highest BCUT2D eigenvalue weighted by atomic mass is 35.5. The van der Waals surface area contributed by atoms with Gasteiger partial charge in [0, 0.05) is 39.8 Å². The van der Waals surface area contributed by atoms with Crippen molar-refractivity contribution in [2.45, 2.75) is 18.4 Å². The molecule has 0 aliphatic carbocycles. The zero-order chi connectivity index (χ0) is 20.5. The molecule has 0 bridgehead atoms. The van der Waals surface area contributed by atoms with Gasteiger partial charge in [0.2, 0.25) is 0 Å². The second-order valence-corrected chi connectivity index (χ2v) is 9.06. The van der Waals surface area contributed by atoms with Gasteiger partial charge in [0.15, 0.2) is 0 Å². The topological polar surface area (TPSA) is 64.1 Å². The average molecular weight is 437 g/mol. The van der Waals surface area contributed by atoms with E-state index >= 15 is 0 Å². The Kier molecular flexibility index (Phi) is 4.17. The molecule has 1 spiro atoms. The number of benzene rings is 2. The van der Waals surface area contributed by atoms with Gasteiger partial charge in [0.05, 0.1) is 29.1 Å². The minimum Gasteiger partial charge on any atom is -0.380 e. The molecule has 5 rings (SSSR count). The first-order valence-electron chi connectivity index (χ1n) is 8.96. The summed E-state index contributed by atoms with van der Waals surface area (Å²) in [5, 5.41) is 0.165. The maximum atomic E-state index is 14.8. The molecule has 0 saturated carbocycles. The summed E-state index contributed by atoms with van der Waals surface area (Å²) in [5.41, 5.74) is 0.520. The summed E-state index contributed by atoms with van der Waals surface area (Å²) in [7, 11) is 0. The molecule has 1 aromatic heterocycles. The van der Waals surface area contributed by atoms with E-state index < -0.39 is 22.9 Å². The molecular weight excluding hydrogens is 422 g/mol. The van der Waals surface area contributed by atoms with E-state index in [0.29, 0.717) is 52.4 Å². The van der Waals surface area contributed by atoms with Gasteiger partial charge in [-0.1, -0.05) is 11.6 Å². The molecule has 9 heteroatoms. The molecule has 2 aliphatic heterocycles. The van der Waals surface area contributed by atoms with E-state index in [1.54, 1.807) is 17.6 Å². The Hall–Kier alpha value is -2.16. The van der Waals surface area contributed by atoms with E-state index in [4.69, 9.17) is 16.3 Å². The Morgan fingerprint density at radius 2 is 1.97 bits per heavy atom. The largest absolute Gasteiger partial charge is 0.380 e. The number of ether oxygens (including phenoxy) is 1. The fourth-order valence-corrected chi connectivity index (χ4v) is 5.71. The van der Waals surface area contributed by atoms with Crippen LogP contribution >= 0.6 is 23.4 Å². The summed E-state index contributed by atoms with van der Waals surface area (Å²) in [6.07, 6.45) is 0. The lowest BCUT2D eigenvalue weighted by molar-refractivity contribution is -0.106. The molecule has 0 atom stereocenters. The molecule has 2 aliphatic rings. The van der Waals surface area contributed by atoms with E-state index in [9.17, 15) is 18.4 Å². The number of aryl methyl sites for hydroxylation is 1. The van der Waals surface area contributed by atoms with Crippen molar-refractivity contribution < 1.29 is 13.5 Å². The fourth-order valence-electron chi connectivity index (χ4n) is 4.06. The zero-order valence-corrected chi connectivity index (χ0v) is 16.8. The van der Waals surface area contributed by atoms with E-state index in [1.807, 2.05) is 0 Å². The third kappa shape index (κ3) is 2.77. The van der Waals surface area contributed by atoms with Crippen molar-refractivity contribution in [1.29, 1.82) is 0 Å². The number of rotatable bonds is 1. The van der Waals surface area contributed by atoms with Gasteiger partial charge in [-0.15, -0.1) is 11.8 Å². The number of thioether (sulfide) groups is 1. The number of nitrogens with one attached hydrogen (secondary N) is 1. The Morgan fingerprint density at radius 1 is 1.21 bits per heavy atom. The van der Waals surface area contributed by atoms with Crippen LogP contribution in [-0.2, 0) is 11.3 Å². The second kappa shape index (κ2) is 6.42. The summed E-state index contributed by atoms with van der Waals surface area (Å²) in [5.74, 6) is -0.954. The standard InChI is InChI=1S/C20H15ClF2N2O3S/c1-9-2-11-16-17(15(9)10-3-12(21)14(23)4-13(10)22)29-8-20(6-28-7-20)5-25(16)19(27)24-18(11)26/h2-4H,5-8H2,1H3,(H,24,26,27). The zero-order valence-electron chi connectivity index (χ0n) is 15.3. The van der Waals surface area contributed by atoms with E-state index in [2.05, 4.69) is 4.98 Å². The normalized spacial score (nSPS) is 17.4. The summed E-state index contributed by atoms with van der Waals surface area (Å²) in [6, 6.07) is 3.64. The first kappa shape index (κ1) is 18.8. The molecular formula is C20H15ClF2N2O3S. The van der Waals surface area contributed by atoms with Crippen LogP contribution in [0.15, 0.2) is 32.7 Å². The fraction of sp³-hybridized carbons (Fsp3) is 0.300. The maximum Gasteiger partial charge on any atom is 0.328 e. The molecule has 0 unspecified atom stereocenters. The van der Waals surface area contributed by atoms with E-state index in [-0.39, 0.29) is 16.0 Å². The van der Waals surface area contributed by atoms with Crippen LogP contribution in [0, 0.1) is 24.0 Å². The predicted octanol–water partition coefficient (Wildman–Crippen LogP) is 3.72. The molecule has 29 heavy (non-hydrogen) atoms. The Bertz CT molecular complexity index is 1310. The highest BCUT2D eigenvalue weighted by Gasteiger charge is 2.42. The maximum absolute atomic E-state index is 14.8. The number of nitrogens with zero attached hydrogens (tertiary/aromatic N) is 1. The van der Waals surface area contributed by atoms with Gasteiger partial charge in [-0.2, -0.15) is 0 Å². The van der Waals surface area contributed by atoms with Gasteiger partial charge in [-0.3, -0.25) is 14.3 Å². The minimum absolute atomic E-state index is 0.137. The van der Waals surface area contributed by atoms with Crippen molar-refractivity contribution in [3.05, 3.63) is 61.3 Å². The van der Waals surface area contributed by atoms with Crippen molar-refractivity contribution in [2.75, 3.05) is 19.0 Å². The first-order valence-corrected chi connectivity index (χ1v) is 10.3. The number of aromatic nitrogens is 2. The summed E-state index contributed by atoms with van der Waals surface area (Å²) < 4.78 is 35.4. The Morgan fingerprint density at radius 3 is 2.66 bits per heavy atom. The van der Waals surface area contributed by atoms with Crippen LogP contribution in [0.1, 0.15) is 5.56 Å². The van der Waals surface area contributed by atoms with Gasteiger partial charge in [-0.25, -0.2) is 13.6 Å². The Balaban J connectivity index is 1.90. The third-order valence-corrected chi connectivity index (χ3v) is 7.28. The van der Waals surface area contributed by atoms with Crippen LogP contribution in [0.2, 0.25) is 5.02 Å². The van der Waals surface area contributed by atoms with Crippen molar-refractivity contribution in [3.63, 3.8) is 0 Å². The smallest absolute Gasteiger partial charge is 0.328 e. The van der Waals surface area contributed by atoms with Crippen LogP contribution in [-0.4, -0.2) is 28.5 Å². The lowest BCUT2D eigenvalue weighted by atomic mass is 9.88. The van der Waals surface area contributed by atoms with E-state index in [0.717, 1.165) is 6.07 Å². The highest BCUT2D eigenvalue weighted by molar-refractivity contribution is 7.99. The van der Waals surface area contributed by atoms with Crippen LogP contribution in [0.3, 0.4) is 0 Å². The monoisotopic (exact) mass is 436 g/mol. The lowest BCUT2D eigenvalue weighted by Gasteiger charge is -2.40. The van der Waals surface area contributed by atoms with Gasteiger partial charge < -0.3 is 4.74 Å². The quantitative estimate of drug-likeness (QED) is 0.590. The number of aromatic amines is 1. The third-order valence-electron chi connectivity index (χ3n) is 5.54. The molecule has 1 saturated heterocycles. The molecule has 3 aromatic rings. The summed E-state index contributed by atoms with van der Waals surface area (Å²) in [4.78, 5) is 28.2. The molecule has 1 N–H and O–H groups in total. The van der Waals surface area contributed by atoms with Gasteiger partial charge in [-0.05, 0) is 24.6 Å². The Labute approximate surface area is 172 Å². The van der Waals surface area contributed by atoms with Crippen molar-refractivity contribution >= 4 is 34.3 Å². The first-order chi connectivity index (χ1) is 13.8. The van der Waals surface area contributed by atoms with Crippen molar-refractivity contribution in [3.8, 4) is 11.1 Å². The number of hydrogen-bond donors (Lipinski definition) is 1. The molecule has 5 nitrogen and oxygen atoms in total. The van der Waals surface area contributed by atoms with Crippen LogP contribution in [0.5, 0.6) is 0 Å². The van der Waals surface area contributed by atoms with Crippen LogP contribution in [0.4, 0.5) is 8.78 Å².